The van der Waals surface area contributed by atoms with E-state index in [1.165, 1.54) is 127 Å². The van der Waals surface area contributed by atoms with Crippen LogP contribution in [0.5, 0.6) is 0 Å². The summed E-state index contributed by atoms with van der Waals surface area (Å²) in [6, 6.07) is 0. The van der Waals surface area contributed by atoms with Crippen molar-refractivity contribution in [2.24, 2.45) is 11.8 Å². The van der Waals surface area contributed by atoms with Gasteiger partial charge in [0.15, 0.2) is 0 Å². The zero-order valence-corrected chi connectivity index (χ0v) is 17.2. The minimum absolute atomic E-state index is 1.17. The molecule has 0 heteroatoms. The fourth-order valence-electron chi connectivity index (χ4n) is 4.71. The first-order valence-electron chi connectivity index (χ1n) is 12.1. The third-order valence-electron chi connectivity index (χ3n) is 6.63. The molecule has 0 radical (unpaired) electrons. The summed E-state index contributed by atoms with van der Waals surface area (Å²) in [5.74, 6) is 2.33. The van der Waals surface area contributed by atoms with Gasteiger partial charge in [-0.2, -0.15) is 0 Å². The summed E-state index contributed by atoms with van der Waals surface area (Å²) in [4.78, 5) is 0. The van der Waals surface area contributed by atoms with E-state index in [1.54, 1.807) is 19.3 Å². The predicted molar refractivity (Wildman–Crippen MR) is 113 cm³/mol. The summed E-state index contributed by atoms with van der Waals surface area (Å²) in [5.41, 5.74) is 0. The molecular weight excluding hydrogens is 300 g/mol. The van der Waals surface area contributed by atoms with Crippen LogP contribution in [0.15, 0.2) is 12.2 Å². The van der Waals surface area contributed by atoms with Gasteiger partial charge in [0.25, 0.3) is 0 Å². The van der Waals surface area contributed by atoms with E-state index in [0.717, 1.165) is 0 Å². The Morgan fingerprint density at radius 1 is 0.360 bits per heavy atom. The van der Waals surface area contributed by atoms with Gasteiger partial charge < -0.3 is 0 Å². The summed E-state index contributed by atoms with van der Waals surface area (Å²) in [5, 5.41) is 0. The molecular formula is C25H46. The molecule has 0 aromatic heterocycles. The Morgan fingerprint density at radius 2 is 0.680 bits per heavy atom. The van der Waals surface area contributed by atoms with Crippen molar-refractivity contribution >= 4 is 0 Å². The molecule has 2 unspecified atom stereocenters. The molecule has 0 nitrogen and oxygen atoms in total. The molecule has 0 saturated heterocycles. The highest BCUT2D eigenvalue weighted by molar-refractivity contribution is 4.85. The van der Waals surface area contributed by atoms with Crippen LogP contribution in [-0.2, 0) is 0 Å². The fourth-order valence-corrected chi connectivity index (χ4v) is 4.71. The van der Waals surface area contributed by atoms with Crippen LogP contribution in [-0.4, -0.2) is 0 Å². The van der Waals surface area contributed by atoms with Gasteiger partial charge in [0, 0.05) is 0 Å². The van der Waals surface area contributed by atoms with Crippen molar-refractivity contribution in [3.8, 4) is 0 Å². The lowest BCUT2D eigenvalue weighted by Crippen LogP contribution is -1.89. The zero-order valence-electron chi connectivity index (χ0n) is 17.2. The average Bonchev–Trinajstić information content (AvgIpc) is 3.34. The zero-order chi connectivity index (χ0) is 17.4. The van der Waals surface area contributed by atoms with Gasteiger partial charge in [-0.05, 0) is 43.9 Å². The van der Waals surface area contributed by atoms with Crippen LogP contribution in [0.2, 0.25) is 0 Å². The Hall–Kier alpha value is -0.260. The summed E-state index contributed by atoms with van der Waals surface area (Å²) >= 11 is 0. The van der Waals surface area contributed by atoms with Crippen LogP contribution in [0.25, 0.3) is 0 Å². The van der Waals surface area contributed by atoms with Gasteiger partial charge >= 0.3 is 0 Å². The van der Waals surface area contributed by atoms with Crippen molar-refractivity contribution in [2.75, 3.05) is 0 Å². The number of fused-ring (bicyclic) bond motifs is 1. The second kappa shape index (κ2) is 14.9. The van der Waals surface area contributed by atoms with Crippen molar-refractivity contribution in [2.45, 2.75) is 135 Å². The topological polar surface area (TPSA) is 0 Å². The monoisotopic (exact) mass is 346 g/mol. The molecule has 3 aliphatic rings. The molecule has 2 fully saturated rings. The van der Waals surface area contributed by atoms with Gasteiger partial charge in [-0.3, -0.25) is 0 Å². The van der Waals surface area contributed by atoms with Crippen molar-refractivity contribution in [1.82, 2.24) is 0 Å². The van der Waals surface area contributed by atoms with E-state index < -0.39 is 0 Å². The number of hydrogen-bond acceptors (Lipinski definition) is 0. The molecule has 0 bridgehead atoms. The maximum absolute atomic E-state index is 2.38. The second-order valence-corrected chi connectivity index (χ2v) is 9.04. The van der Waals surface area contributed by atoms with Gasteiger partial charge in [-0.1, -0.05) is 115 Å². The summed E-state index contributed by atoms with van der Waals surface area (Å²) in [6.45, 7) is 0. The van der Waals surface area contributed by atoms with Gasteiger partial charge in [0.05, 0.1) is 0 Å². The third-order valence-corrected chi connectivity index (χ3v) is 6.63. The first-order chi connectivity index (χ1) is 12.5. The van der Waals surface area contributed by atoms with E-state index in [4.69, 9.17) is 0 Å². The Labute approximate surface area is 159 Å². The lowest BCUT2D eigenvalue weighted by atomic mass is 10.0. The molecule has 0 heterocycles. The van der Waals surface area contributed by atoms with Crippen molar-refractivity contribution in [3.63, 3.8) is 0 Å². The van der Waals surface area contributed by atoms with Crippen molar-refractivity contribution in [1.29, 1.82) is 0 Å². The van der Waals surface area contributed by atoms with E-state index in [9.17, 15) is 0 Å². The van der Waals surface area contributed by atoms with Gasteiger partial charge in [-0.15, -0.1) is 0 Å². The second-order valence-electron chi connectivity index (χ2n) is 9.04. The molecule has 2 saturated carbocycles. The molecule has 0 aromatic carbocycles. The molecule has 0 amide bonds. The number of rotatable bonds is 0. The highest BCUT2D eigenvalue weighted by atomic mass is 14.4. The molecule has 3 rings (SSSR count). The lowest BCUT2D eigenvalue weighted by molar-refractivity contribution is 0.491. The third kappa shape index (κ3) is 11.9. The Kier molecular flexibility index (Phi) is 12.5. The predicted octanol–water partition coefficient (Wildman–Crippen LogP) is 8.99. The largest absolute Gasteiger partial charge is 0.0885 e. The summed E-state index contributed by atoms with van der Waals surface area (Å²) in [6.07, 6.45) is 35.8. The van der Waals surface area contributed by atoms with Crippen LogP contribution < -0.4 is 0 Å². The van der Waals surface area contributed by atoms with E-state index in [1.807, 2.05) is 0 Å². The van der Waals surface area contributed by atoms with Crippen LogP contribution in [0.1, 0.15) is 135 Å². The molecule has 25 heavy (non-hydrogen) atoms. The minimum atomic E-state index is 1.17. The molecule has 3 aliphatic carbocycles. The minimum Gasteiger partial charge on any atom is -0.0885 e. The van der Waals surface area contributed by atoms with Crippen LogP contribution in [0, 0.1) is 11.8 Å². The van der Waals surface area contributed by atoms with Gasteiger partial charge in [0.1, 0.15) is 0 Å². The van der Waals surface area contributed by atoms with Crippen LogP contribution >= 0.6 is 0 Å². The Bertz CT molecular complexity index is 286. The highest BCUT2D eigenvalue weighted by Gasteiger charge is 2.35. The lowest BCUT2D eigenvalue weighted by Gasteiger charge is -2.05. The maximum Gasteiger partial charge on any atom is -0.0351 e. The first kappa shape index (κ1) is 21.0. The standard InChI is InChI=1S/C13H24.C12H22/c1-2-4-6-8-10-13-11-12(13)9-7-5-3-1;1-2-4-6-8-10-12-11-9-7-5-3-1/h12-13H,1-11H2;1-2H,3-12H2. The van der Waals surface area contributed by atoms with Gasteiger partial charge in [-0.25, -0.2) is 0 Å². The Morgan fingerprint density at radius 3 is 1.08 bits per heavy atom. The highest BCUT2D eigenvalue weighted by Crippen LogP contribution is 2.45. The normalized spacial score (nSPS) is 30.1. The van der Waals surface area contributed by atoms with E-state index in [2.05, 4.69) is 12.2 Å². The SMILES string of the molecule is C1=CCCCCCCCCCC1.C1CCCCCC2CC2CCCC1. The van der Waals surface area contributed by atoms with Crippen molar-refractivity contribution < 1.29 is 0 Å². The number of allylic oxidation sites excluding steroid dienone is 2. The quantitative estimate of drug-likeness (QED) is 0.384. The summed E-state index contributed by atoms with van der Waals surface area (Å²) < 4.78 is 0. The smallest absolute Gasteiger partial charge is 0.0351 e. The Balaban J connectivity index is 0.000000181. The average molecular weight is 347 g/mol. The fraction of sp³-hybridized carbons (Fsp3) is 0.920. The van der Waals surface area contributed by atoms with Gasteiger partial charge in [0.2, 0.25) is 0 Å². The summed E-state index contributed by atoms with van der Waals surface area (Å²) in [7, 11) is 0. The first-order valence-corrected chi connectivity index (χ1v) is 12.1. The molecule has 0 spiro atoms. The van der Waals surface area contributed by atoms with E-state index >= 15 is 0 Å². The molecule has 0 aromatic rings. The van der Waals surface area contributed by atoms with Crippen LogP contribution in [0.3, 0.4) is 0 Å². The van der Waals surface area contributed by atoms with E-state index in [-0.39, 0.29) is 0 Å². The molecule has 2 atom stereocenters. The molecule has 0 N–H and O–H groups in total. The molecule has 146 valence electrons. The van der Waals surface area contributed by atoms with Crippen LogP contribution in [0.4, 0.5) is 0 Å². The van der Waals surface area contributed by atoms with E-state index in [0.29, 0.717) is 0 Å². The number of hydrogen-bond donors (Lipinski definition) is 0. The molecule has 0 aliphatic heterocycles. The maximum atomic E-state index is 2.38. The van der Waals surface area contributed by atoms with Crippen molar-refractivity contribution in [3.05, 3.63) is 12.2 Å².